The highest BCUT2D eigenvalue weighted by Gasteiger charge is 2.10. The number of rotatable bonds is 3. The highest BCUT2D eigenvalue weighted by molar-refractivity contribution is 9.11. The topological polar surface area (TPSA) is 50.7 Å². The molecule has 1 unspecified atom stereocenters. The number of halogens is 1. The van der Waals surface area contributed by atoms with Crippen molar-refractivity contribution in [3.63, 3.8) is 0 Å². The van der Waals surface area contributed by atoms with Gasteiger partial charge in [-0.3, -0.25) is 0 Å². The molecule has 0 aliphatic rings. The highest BCUT2D eigenvalue weighted by Crippen LogP contribution is 2.25. The molecule has 7 heteroatoms. The number of hydrogen-bond donors (Lipinski definition) is 1. The average Bonchev–Trinajstić information content (AvgIpc) is 2.75. The van der Waals surface area contributed by atoms with Gasteiger partial charge in [-0.05, 0) is 22.9 Å². The van der Waals surface area contributed by atoms with Gasteiger partial charge in [0.15, 0.2) is 3.92 Å². The number of aromatic nitrogens is 3. The third kappa shape index (κ3) is 2.28. The second-order valence-electron chi connectivity index (χ2n) is 2.60. The van der Waals surface area contributed by atoms with E-state index in [0.29, 0.717) is 0 Å². The Labute approximate surface area is 97.5 Å². The molecule has 2 heterocycles. The maximum atomic E-state index is 4.22. The molecule has 4 nitrogen and oxygen atoms in total. The number of thiazole rings is 1. The van der Waals surface area contributed by atoms with E-state index in [1.54, 1.807) is 17.5 Å². The molecular formula is C7H7BrN4S2. The Hall–Kier alpha value is -0.530. The molecule has 2 aromatic heterocycles. The average molecular weight is 291 g/mol. The molecule has 1 atom stereocenters. The molecule has 2 aromatic rings. The summed E-state index contributed by atoms with van der Waals surface area (Å²) >= 11 is 6.36. The summed E-state index contributed by atoms with van der Waals surface area (Å²) in [5.41, 5.74) is 0. The van der Waals surface area contributed by atoms with Crippen LogP contribution in [0.25, 0.3) is 0 Å². The Morgan fingerprint density at radius 3 is 2.93 bits per heavy atom. The van der Waals surface area contributed by atoms with Gasteiger partial charge >= 0.3 is 0 Å². The zero-order valence-corrected chi connectivity index (χ0v) is 10.5. The lowest BCUT2D eigenvalue weighted by atomic mass is 10.4. The van der Waals surface area contributed by atoms with Crippen molar-refractivity contribution in [3.8, 4) is 0 Å². The van der Waals surface area contributed by atoms with Gasteiger partial charge < -0.3 is 5.32 Å². The van der Waals surface area contributed by atoms with E-state index in [0.717, 1.165) is 14.1 Å². The minimum Gasteiger partial charge on any atom is -0.351 e. The first-order valence-electron chi connectivity index (χ1n) is 3.90. The van der Waals surface area contributed by atoms with Gasteiger partial charge in [-0.25, -0.2) is 4.98 Å². The van der Waals surface area contributed by atoms with Crippen molar-refractivity contribution in [1.29, 1.82) is 0 Å². The van der Waals surface area contributed by atoms with Gasteiger partial charge in [-0.1, -0.05) is 11.3 Å². The van der Waals surface area contributed by atoms with Crippen LogP contribution in [-0.4, -0.2) is 15.2 Å². The zero-order valence-electron chi connectivity index (χ0n) is 7.27. The summed E-state index contributed by atoms with van der Waals surface area (Å²) in [5.74, 6) is 0. The molecule has 2 rings (SSSR count). The van der Waals surface area contributed by atoms with Crippen molar-refractivity contribution in [1.82, 2.24) is 15.2 Å². The standard InChI is InChI=1S/C7H7BrN4S2/c1-4(5-9-2-3-13-5)10-7-12-11-6(8)14-7/h2-4H,1H3,(H,10,12). The summed E-state index contributed by atoms with van der Waals surface area (Å²) in [6.45, 7) is 2.05. The third-order valence-electron chi connectivity index (χ3n) is 1.56. The lowest BCUT2D eigenvalue weighted by Gasteiger charge is -2.07. The van der Waals surface area contributed by atoms with Gasteiger partial charge in [0.1, 0.15) is 5.01 Å². The molecule has 1 N–H and O–H groups in total. The largest absolute Gasteiger partial charge is 0.351 e. The first-order chi connectivity index (χ1) is 6.75. The molecule has 74 valence electrons. The molecule has 0 fully saturated rings. The molecule has 14 heavy (non-hydrogen) atoms. The van der Waals surface area contributed by atoms with Crippen molar-refractivity contribution in [3.05, 3.63) is 20.5 Å². The lowest BCUT2D eigenvalue weighted by molar-refractivity contribution is 0.860. The van der Waals surface area contributed by atoms with Crippen molar-refractivity contribution >= 4 is 43.7 Å². The zero-order chi connectivity index (χ0) is 9.97. The summed E-state index contributed by atoms with van der Waals surface area (Å²) in [7, 11) is 0. The van der Waals surface area contributed by atoms with Crippen LogP contribution in [0, 0.1) is 0 Å². The van der Waals surface area contributed by atoms with Gasteiger partial charge in [-0.15, -0.1) is 21.5 Å². The van der Waals surface area contributed by atoms with Crippen molar-refractivity contribution < 1.29 is 0 Å². The Morgan fingerprint density at radius 1 is 1.50 bits per heavy atom. The summed E-state index contributed by atoms with van der Waals surface area (Å²) in [6, 6.07) is 0.176. The first kappa shape index (κ1) is 10.0. The van der Waals surface area contributed by atoms with Crippen LogP contribution in [0.2, 0.25) is 0 Å². The van der Waals surface area contributed by atoms with Crippen molar-refractivity contribution in [2.45, 2.75) is 13.0 Å². The van der Waals surface area contributed by atoms with Gasteiger partial charge in [0.25, 0.3) is 0 Å². The molecule has 0 aliphatic carbocycles. The van der Waals surface area contributed by atoms with Crippen LogP contribution >= 0.6 is 38.6 Å². The van der Waals surface area contributed by atoms with Gasteiger partial charge in [0.2, 0.25) is 5.13 Å². The molecule has 0 saturated carbocycles. The summed E-state index contributed by atoms with van der Waals surface area (Å²) in [4.78, 5) is 4.22. The Balaban J connectivity index is 2.05. The number of anilines is 1. The van der Waals surface area contributed by atoms with Gasteiger partial charge in [0, 0.05) is 11.6 Å². The number of hydrogen-bond acceptors (Lipinski definition) is 6. The summed E-state index contributed by atoms with van der Waals surface area (Å²) in [5, 5.41) is 14.9. The van der Waals surface area contributed by atoms with Crippen LogP contribution in [0.1, 0.15) is 18.0 Å². The molecule has 0 aromatic carbocycles. The second-order valence-corrected chi connectivity index (χ2v) is 5.78. The van der Waals surface area contributed by atoms with E-state index in [1.165, 1.54) is 11.3 Å². The highest BCUT2D eigenvalue weighted by atomic mass is 79.9. The van der Waals surface area contributed by atoms with Crippen molar-refractivity contribution in [2.75, 3.05) is 5.32 Å². The van der Waals surface area contributed by atoms with Gasteiger partial charge in [-0.2, -0.15) is 0 Å². The van der Waals surface area contributed by atoms with E-state index in [-0.39, 0.29) is 6.04 Å². The van der Waals surface area contributed by atoms with E-state index in [4.69, 9.17) is 0 Å². The molecule has 0 spiro atoms. The minimum atomic E-state index is 0.176. The fourth-order valence-corrected chi connectivity index (χ4v) is 2.70. The van der Waals surface area contributed by atoms with E-state index < -0.39 is 0 Å². The van der Waals surface area contributed by atoms with Crippen molar-refractivity contribution in [2.24, 2.45) is 0 Å². The fraction of sp³-hybridized carbons (Fsp3) is 0.286. The van der Waals surface area contributed by atoms with E-state index in [1.807, 2.05) is 12.3 Å². The maximum absolute atomic E-state index is 4.22. The van der Waals surface area contributed by atoms with E-state index >= 15 is 0 Å². The summed E-state index contributed by atoms with van der Waals surface area (Å²) in [6.07, 6.45) is 1.80. The predicted octanol–water partition coefficient (Wildman–Crippen LogP) is 2.93. The van der Waals surface area contributed by atoms with Crippen LogP contribution in [0.15, 0.2) is 15.5 Å². The van der Waals surface area contributed by atoms with Crippen LogP contribution in [0.4, 0.5) is 5.13 Å². The second kappa shape index (κ2) is 4.33. The lowest BCUT2D eigenvalue weighted by Crippen LogP contribution is -2.05. The number of nitrogens with one attached hydrogen (secondary N) is 1. The third-order valence-corrected chi connectivity index (χ3v) is 3.81. The Kier molecular flexibility index (Phi) is 3.09. The van der Waals surface area contributed by atoms with Crippen LogP contribution in [0.3, 0.4) is 0 Å². The molecule has 0 radical (unpaired) electrons. The first-order valence-corrected chi connectivity index (χ1v) is 6.39. The van der Waals surface area contributed by atoms with E-state index in [2.05, 4.69) is 36.4 Å². The van der Waals surface area contributed by atoms with Gasteiger partial charge in [0.05, 0.1) is 6.04 Å². The Morgan fingerprint density at radius 2 is 2.36 bits per heavy atom. The van der Waals surface area contributed by atoms with Crippen LogP contribution in [0.5, 0.6) is 0 Å². The van der Waals surface area contributed by atoms with Crippen LogP contribution < -0.4 is 5.32 Å². The molecular weight excluding hydrogens is 284 g/mol. The maximum Gasteiger partial charge on any atom is 0.207 e. The summed E-state index contributed by atoms with van der Waals surface area (Å²) < 4.78 is 0.784. The van der Waals surface area contributed by atoms with Crippen LogP contribution in [-0.2, 0) is 0 Å². The van der Waals surface area contributed by atoms with E-state index in [9.17, 15) is 0 Å². The number of nitrogens with zero attached hydrogens (tertiary/aromatic N) is 3. The Bertz CT molecular complexity index is 399. The SMILES string of the molecule is CC(Nc1nnc(Br)s1)c1nccs1. The monoisotopic (exact) mass is 290 g/mol. The molecule has 0 saturated heterocycles. The quantitative estimate of drug-likeness (QED) is 0.944. The molecule has 0 bridgehead atoms. The minimum absolute atomic E-state index is 0.176. The predicted molar refractivity (Wildman–Crippen MR) is 61.8 cm³/mol. The normalized spacial score (nSPS) is 12.7. The smallest absolute Gasteiger partial charge is 0.207 e. The molecule has 0 aliphatic heterocycles. The fourth-order valence-electron chi connectivity index (χ4n) is 0.959. The molecule has 0 amide bonds.